The number of aliphatic carboxylic acids is 1. The molecule has 1 fully saturated rings. The zero-order valence-corrected chi connectivity index (χ0v) is 9.73. The zero-order valence-electron chi connectivity index (χ0n) is 9.73. The molecule has 1 rings (SSSR count). The van der Waals surface area contributed by atoms with Crippen molar-refractivity contribution in [2.24, 2.45) is 0 Å². The van der Waals surface area contributed by atoms with Gasteiger partial charge >= 0.3 is 5.97 Å². The molecule has 1 atom stereocenters. The lowest BCUT2D eigenvalue weighted by atomic mass is 10.2. The van der Waals surface area contributed by atoms with E-state index in [0.29, 0.717) is 11.6 Å². The smallest absolute Gasteiger partial charge is 0.330 e. The van der Waals surface area contributed by atoms with Crippen molar-refractivity contribution in [3.63, 3.8) is 0 Å². The number of hydrogen-bond acceptors (Lipinski definition) is 3. The normalized spacial score (nSPS) is 25.5. The average molecular weight is 212 g/mol. The van der Waals surface area contributed by atoms with E-state index in [1.54, 1.807) is 13.0 Å². The Morgan fingerprint density at radius 2 is 2.20 bits per heavy atom. The summed E-state index contributed by atoms with van der Waals surface area (Å²) in [7, 11) is 2.12. The van der Waals surface area contributed by atoms with Gasteiger partial charge < -0.3 is 10.0 Å². The van der Waals surface area contributed by atoms with Crippen LogP contribution in [0.5, 0.6) is 0 Å². The maximum Gasteiger partial charge on any atom is 0.330 e. The molecular weight excluding hydrogens is 192 g/mol. The fraction of sp³-hybridized carbons (Fsp3) is 0.727. The largest absolute Gasteiger partial charge is 0.478 e. The van der Waals surface area contributed by atoms with E-state index in [1.165, 1.54) is 0 Å². The summed E-state index contributed by atoms with van der Waals surface area (Å²) in [6.07, 6.45) is 1.80. The molecule has 0 saturated carbocycles. The summed E-state index contributed by atoms with van der Waals surface area (Å²) in [4.78, 5) is 15.2. The highest BCUT2D eigenvalue weighted by Gasteiger charge is 2.20. The monoisotopic (exact) mass is 212 g/mol. The Bertz CT molecular complexity index is 263. The molecule has 1 aliphatic rings. The molecule has 15 heavy (non-hydrogen) atoms. The van der Waals surface area contributed by atoms with Crippen LogP contribution in [0.1, 0.15) is 13.8 Å². The highest BCUT2D eigenvalue weighted by molar-refractivity contribution is 5.85. The molecule has 0 aromatic rings. The minimum Gasteiger partial charge on any atom is -0.478 e. The molecule has 1 saturated heterocycles. The van der Waals surface area contributed by atoms with Gasteiger partial charge in [-0.15, -0.1) is 0 Å². The van der Waals surface area contributed by atoms with Gasteiger partial charge in [-0.05, 0) is 20.9 Å². The van der Waals surface area contributed by atoms with Crippen LogP contribution in [-0.4, -0.2) is 60.1 Å². The summed E-state index contributed by atoms with van der Waals surface area (Å²) < 4.78 is 0. The lowest BCUT2D eigenvalue weighted by Crippen LogP contribution is -2.50. The van der Waals surface area contributed by atoms with Crippen molar-refractivity contribution in [2.75, 3.05) is 33.2 Å². The van der Waals surface area contributed by atoms with E-state index >= 15 is 0 Å². The first-order valence-corrected chi connectivity index (χ1v) is 5.33. The van der Waals surface area contributed by atoms with E-state index in [9.17, 15) is 4.79 Å². The number of rotatable bonds is 3. The molecule has 0 amide bonds. The van der Waals surface area contributed by atoms with Crippen LogP contribution in [0.4, 0.5) is 0 Å². The Balaban J connectivity index is 2.45. The molecule has 1 N–H and O–H groups in total. The van der Waals surface area contributed by atoms with E-state index in [2.05, 4.69) is 23.8 Å². The van der Waals surface area contributed by atoms with Gasteiger partial charge in [-0.1, -0.05) is 6.08 Å². The Morgan fingerprint density at radius 3 is 2.73 bits per heavy atom. The number of carboxylic acid groups (broad SMARTS) is 1. The molecule has 0 aliphatic carbocycles. The van der Waals surface area contributed by atoms with Crippen molar-refractivity contribution < 1.29 is 9.90 Å². The van der Waals surface area contributed by atoms with Crippen LogP contribution in [0.15, 0.2) is 11.6 Å². The van der Waals surface area contributed by atoms with Crippen molar-refractivity contribution in [3.8, 4) is 0 Å². The first-order valence-electron chi connectivity index (χ1n) is 5.33. The maximum atomic E-state index is 10.6. The summed E-state index contributed by atoms with van der Waals surface area (Å²) in [6, 6.07) is 0.501. The molecule has 1 unspecified atom stereocenters. The quantitative estimate of drug-likeness (QED) is 0.698. The van der Waals surface area contributed by atoms with E-state index in [0.717, 1.165) is 26.2 Å². The van der Waals surface area contributed by atoms with E-state index in [-0.39, 0.29) is 0 Å². The number of nitrogens with zero attached hydrogens (tertiary/aromatic N) is 2. The van der Waals surface area contributed by atoms with Crippen LogP contribution in [-0.2, 0) is 4.79 Å². The molecule has 0 spiro atoms. The van der Waals surface area contributed by atoms with Crippen LogP contribution in [0, 0.1) is 0 Å². The third-order valence-corrected chi connectivity index (χ3v) is 2.94. The molecule has 4 heteroatoms. The van der Waals surface area contributed by atoms with Gasteiger partial charge in [0.25, 0.3) is 0 Å². The maximum absolute atomic E-state index is 10.6. The molecule has 4 nitrogen and oxygen atoms in total. The van der Waals surface area contributed by atoms with Crippen LogP contribution in [0.2, 0.25) is 0 Å². The van der Waals surface area contributed by atoms with Crippen LogP contribution in [0.3, 0.4) is 0 Å². The molecule has 0 aromatic carbocycles. The first kappa shape index (κ1) is 12.2. The van der Waals surface area contributed by atoms with Gasteiger partial charge in [0, 0.05) is 37.8 Å². The van der Waals surface area contributed by atoms with Crippen LogP contribution >= 0.6 is 0 Å². The fourth-order valence-corrected chi connectivity index (χ4v) is 1.79. The highest BCUT2D eigenvalue weighted by atomic mass is 16.4. The van der Waals surface area contributed by atoms with Crippen molar-refractivity contribution in [3.05, 3.63) is 11.6 Å². The molecule has 86 valence electrons. The fourth-order valence-electron chi connectivity index (χ4n) is 1.79. The average Bonchev–Trinajstić information content (AvgIpc) is 2.15. The summed E-state index contributed by atoms with van der Waals surface area (Å²) in [5.74, 6) is -0.822. The highest BCUT2D eigenvalue weighted by Crippen LogP contribution is 2.08. The third-order valence-electron chi connectivity index (χ3n) is 2.94. The third kappa shape index (κ3) is 3.64. The number of carbonyl (C=O) groups is 1. The van der Waals surface area contributed by atoms with Crippen LogP contribution < -0.4 is 0 Å². The van der Waals surface area contributed by atoms with Gasteiger partial charge in [-0.25, -0.2) is 4.79 Å². The first-order chi connectivity index (χ1) is 7.00. The number of hydrogen-bond donors (Lipinski definition) is 1. The second-order valence-electron chi connectivity index (χ2n) is 4.30. The zero-order chi connectivity index (χ0) is 11.4. The van der Waals surface area contributed by atoms with E-state index < -0.39 is 5.97 Å². The SMILES string of the molecule is C/C(=C/CN1CCN(C)CC1C)C(=O)O. The lowest BCUT2D eigenvalue weighted by Gasteiger charge is -2.37. The molecular formula is C11H20N2O2. The van der Waals surface area contributed by atoms with Gasteiger partial charge in [0.05, 0.1) is 0 Å². The van der Waals surface area contributed by atoms with Crippen molar-refractivity contribution >= 4 is 5.97 Å². The summed E-state index contributed by atoms with van der Waals surface area (Å²) >= 11 is 0. The van der Waals surface area contributed by atoms with Gasteiger partial charge in [0.2, 0.25) is 0 Å². The molecule has 0 aromatic heterocycles. The topological polar surface area (TPSA) is 43.8 Å². The molecule has 0 radical (unpaired) electrons. The number of likely N-dealkylation sites (N-methyl/N-ethyl adjacent to an activating group) is 1. The van der Waals surface area contributed by atoms with Crippen LogP contribution in [0.25, 0.3) is 0 Å². The van der Waals surface area contributed by atoms with Crippen molar-refractivity contribution in [1.82, 2.24) is 9.80 Å². The summed E-state index contributed by atoms with van der Waals surface area (Å²) in [5.41, 5.74) is 0.432. The standard InChI is InChI=1S/C11H20N2O2/c1-9(11(14)15)4-5-13-7-6-12(3)8-10(13)2/h4,10H,5-8H2,1-3H3,(H,14,15)/b9-4-. The molecule has 1 heterocycles. The second-order valence-corrected chi connectivity index (χ2v) is 4.30. The Hall–Kier alpha value is -0.870. The second kappa shape index (κ2) is 5.28. The predicted molar refractivity (Wildman–Crippen MR) is 59.9 cm³/mol. The lowest BCUT2D eigenvalue weighted by molar-refractivity contribution is -0.132. The Labute approximate surface area is 91.2 Å². The molecule has 1 aliphatic heterocycles. The summed E-state index contributed by atoms with van der Waals surface area (Å²) in [6.45, 7) is 7.70. The van der Waals surface area contributed by atoms with Crippen molar-refractivity contribution in [2.45, 2.75) is 19.9 Å². The number of carboxylic acids is 1. The Morgan fingerprint density at radius 1 is 1.53 bits per heavy atom. The predicted octanol–water partition coefficient (Wildman–Crippen LogP) is 0.653. The van der Waals surface area contributed by atoms with Gasteiger partial charge in [0.1, 0.15) is 0 Å². The van der Waals surface area contributed by atoms with Crippen molar-refractivity contribution in [1.29, 1.82) is 0 Å². The number of piperazine rings is 1. The van der Waals surface area contributed by atoms with Gasteiger partial charge in [0.15, 0.2) is 0 Å². The molecule has 0 bridgehead atoms. The van der Waals surface area contributed by atoms with Gasteiger partial charge in [-0.3, -0.25) is 4.90 Å². The minimum absolute atomic E-state index is 0.432. The van der Waals surface area contributed by atoms with E-state index in [1.807, 2.05) is 0 Å². The summed E-state index contributed by atoms with van der Waals surface area (Å²) in [5, 5.41) is 8.72. The van der Waals surface area contributed by atoms with Gasteiger partial charge in [-0.2, -0.15) is 0 Å². The Kier molecular flexibility index (Phi) is 4.29. The minimum atomic E-state index is -0.822. The van der Waals surface area contributed by atoms with E-state index in [4.69, 9.17) is 5.11 Å².